The molecule has 0 aliphatic rings. The lowest BCUT2D eigenvalue weighted by Gasteiger charge is -2.07. The molecule has 0 bridgehead atoms. The number of aliphatic hydroxyl groups is 1. The van der Waals surface area contributed by atoms with E-state index in [2.05, 4.69) is 0 Å². The predicted octanol–water partition coefficient (Wildman–Crippen LogP) is 1.61. The van der Waals surface area contributed by atoms with Gasteiger partial charge in [-0.1, -0.05) is 11.6 Å². The normalized spacial score (nSPS) is 12.5. The molecule has 1 unspecified atom stereocenters. The molecule has 0 spiro atoms. The van der Waals surface area contributed by atoms with Gasteiger partial charge in [-0.05, 0) is 17.7 Å². The molecule has 1 atom stereocenters. The van der Waals surface area contributed by atoms with Crippen molar-refractivity contribution in [3.05, 3.63) is 34.4 Å². The van der Waals surface area contributed by atoms with E-state index in [0.29, 0.717) is 0 Å². The van der Waals surface area contributed by atoms with Crippen LogP contribution in [0.5, 0.6) is 0 Å². The fourth-order valence-electron chi connectivity index (χ4n) is 1.02. The maximum atomic E-state index is 13.1. The van der Waals surface area contributed by atoms with Gasteiger partial charge in [0.05, 0.1) is 5.02 Å². The molecule has 0 aromatic heterocycles. The van der Waals surface area contributed by atoms with Gasteiger partial charge >= 0.3 is 5.97 Å². The van der Waals surface area contributed by atoms with Gasteiger partial charge in [0, 0.05) is 6.42 Å². The summed E-state index contributed by atoms with van der Waals surface area (Å²) in [4.78, 5) is 10.3. The van der Waals surface area contributed by atoms with Crippen LogP contribution in [0.25, 0.3) is 0 Å². The van der Waals surface area contributed by atoms with Gasteiger partial charge in [0.25, 0.3) is 0 Å². The number of aliphatic hydroxyl groups excluding tert-OH is 1. The molecule has 1 rings (SSSR count). The lowest BCUT2D eigenvalue weighted by Crippen LogP contribution is -2.22. The van der Waals surface area contributed by atoms with E-state index in [9.17, 15) is 13.6 Å². The maximum absolute atomic E-state index is 13.1. The van der Waals surface area contributed by atoms with E-state index >= 15 is 0 Å². The standard InChI is InChI=1S/C9H7ClF2O3/c10-5-3-6(11)4(1-7(5)12)2-8(13)9(14)15/h1,3,8,13H,2H2,(H,14,15). The minimum absolute atomic E-state index is 0.230. The van der Waals surface area contributed by atoms with E-state index in [0.717, 1.165) is 12.1 Å². The Balaban J connectivity index is 2.95. The van der Waals surface area contributed by atoms with Gasteiger partial charge in [-0.15, -0.1) is 0 Å². The largest absolute Gasteiger partial charge is 0.479 e. The smallest absolute Gasteiger partial charge is 0.332 e. The number of benzene rings is 1. The Morgan fingerprint density at radius 3 is 2.53 bits per heavy atom. The summed E-state index contributed by atoms with van der Waals surface area (Å²) in [5.41, 5.74) is -0.230. The summed E-state index contributed by atoms with van der Waals surface area (Å²) in [5.74, 6) is -3.20. The van der Waals surface area contributed by atoms with Gasteiger partial charge < -0.3 is 10.2 Å². The van der Waals surface area contributed by atoms with Gasteiger partial charge in [-0.3, -0.25) is 0 Å². The van der Waals surface area contributed by atoms with Crippen LogP contribution in [0.15, 0.2) is 12.1 Å². The Hall–Kier alpha value is -1.20. The van der Waals surface area contributed by atoms with Gasteiger partial charge in [0.1, 0.15) is 11.6 Å². The molecule has 0 saturated heterocycles. The summed E-state index contributed by atoms with van der Waals surface area (Å²) in [6, 6.07) is 1.50. The highest BCUT2D eigenvalue weighted by molar-refractivity contribution is 6.30. The second-order valence-electron chi connectivity index (χ2n) is 2.92. The molecule has 6 heteroatoms. The molecule has 0 amide bonds. The van der Waals surface area contributed by atoms with Gasteiger partial charge in [-0.2, -0.15) is 0 Å². The fraction of sp³-hybridized carbons (Fsp3) is 0.222. The van der Waals surface area contributed by atoms with E-state index in [1.165, 1.54) is 0 Å². The first-order valence-corrected chi connectivity index (χ1v) is 4.34. The Bertz CT molecular complexity index is 395. The quantitative estimate of drug-likeness (QED) is 0.784. The van der Waals surface area contributed by atoms with Crippen molar-refractivity contribution in [1.29, 1.82) is 0 Å². The van der Waals surface area contributed by atoms with E-state index < -0.39 is 30.1 Å². The maximum Gasteiger partial charge on any atom is 0.332 e. The number of aliphatic carboxylic acids is 1. The lowest BCUT2D eigenvalue weighted by molar-refractivity contribution is -0.146. The summed E-state index contributed by atoms with van der Waals surface area (Å²) < 4.78 is 26.0. The van der Waals surface area contributed by atoms with Crippen molar-refractivity contribution in [2.45, 2.75) is 12.5 Å². The van der Waals surface area contributed by atoms with Crippen LogP contribution in [0.4, 0.5) is 8.78 Å². The number of hydrogen-bond acceptors (Lipinski definition) is 2. The Morgan fingerprint density at radius 2 is 2.00 bits per heavy atom. The number of rotatable bonds is 3. The molecular formula is C9H7ClF2O3. The van der Waals surface area contributed by atoms with Gasteiger partial charge in [0.2, 0.25) is 0 Å². The number of carboxylic acids is 1. The van der Waals surface area contributed by atoms with E-state index in [-0.39, 0.29) is 10.6 Å². The second kappa shape index (κ2) is 4.55. The molecule has 1 aromatic carbocycles. The molecule has 0 heterocycles. The van der Waals surface area contributed by atoms with Gasteiger partial charge in [0.15, 0.2) is 6.10 Å². The van der Waals surface area contributed by atoms with Crippen LogP contribution < -0.4 is 0 Å². The molecule has 1 aromatic rings. The van der Waals surface area contributed by atoms with Crippen LogP contribution in [0, 0.1) is 11.6 Å². The third kappa shape index (κ3) is 2.87. The summed E-state index contributed by atoms with van der Waals surface area (Å²) in [6.07, 6.45) is -2.27. The van der Waals surface area contributed by atoms with Crippen molar-refractivity contribution < 1.29 is 23.8 Å². The molecule has 0 aliphatic carbocycles. The SMILES string of the molecule is O=C(O)C(O)Cc1cc(F)c(Cl)cc1F. The summed E-state index contributed by atoms with van der Waals surface area (Å²) in [5, 5.41) is 16.9. The van der Waals surface area contributed by atoms with Crippen LogP contribution >= 0.6 is 11.6 Å². The zero-order chi connectivity index (χ0) is 11.6. The van der Waals surface area contributed by atoms with Crippen LogP contribution in [0.1, 0.15) is 5.56 Å². The molecule has 0 aliphatic heterocycles. The van der Waals surface area contributed by atoms with E-state index in [1.54, 1.807) is 0 Å². The van der Waals surface area contributed by atoms with Crippen LogP contribution in [0.2, 0.25) is 5.02 Å². The highest BCUT2D eigenvalue weighted by Crippen LogP contribution is 2.20. The lowest BCUT2D eigenvalue weighted by atomic mass is 10.1. The Kier molecular flexibility index (Phi) is 3.60. The molecule has 0 fully saturated rings. The molecule has 15 heavy (non-hydrogen) atoms. The monoisotopic (exact) mass is 236 g/mol. The van der Waals surface area contributed by atoms with E-state index in [4.69, 9.17) is 21.8 Å². The Morgan fingerprint density at radius 1 is 1.40 bits per heavy atom. The summed E-state index contributed by atoms with van der Waals surface area (Å²) >= 11 is 5.29. The van der Waals surface area contributed by atoms with Crippen molar-refractivity contribution in [2.24, 2.45) is 0 Å². The minimum atomic E-state index is -1.76. The molecule has 0 radical (unpaired) electrons. The van der Waals surface area contributed by atoms with Crippen molar-refractivity contribution in [2.75, 3.05) is 0 Å². The van der Waals surface area contributed by atoms with Crippen molar-refractivity contribution in [1.82, 2.24) is 0 Å². The van der Waals surface area contributed by atoms with E-state index in [1.807, 2.05) is 0 Å². The number of halogens is 3. The van der Waals surface area contributed by atoms with Crippen molar-refractivity contribution >= 4 is 17.6 Å². The van der Waals surface area contributed by atoms with Crippen molar-refractivity contribution in [3.63, 3.8) is 0 Å². The topological polar surface area (TPSA) is 57.5 Å². The zero-order valence-corrected chi connectivity index (χ0v) is 8.13. The average Bonchev–Trinajstić information content (AvgIpc) is 2.13. The molecule has 0 saturated carbocycles. The van der Waals surface area contributed by atoms with Crippen LogP contribution in [0.3, 0.4) is 0 Å². The predicted molar refractivity (Wildman–Crippen MR) is 48.7 cm³/mol. The third-order valence-electron chi connectivity index (χ3n) is 1.79. The summed E-state index contributed by atoms with van der Waals surface area (Å²) in [7, 11) is 0. The highest BCUT2D eigenvalue weighted by atomic mass is 35.5. The summed E-state index contributed by atoms with van der Waals surface area (Å²) in [6.45, 7) is 0. The average molecular weight is 237 g/mol. The molecular weight excluding hydrogens is 230 g/mol. The second-order valence-corrected chi connectivity index (χ2v) is 3.32. The highest BCUT2D eigenvalue weighted by Gasteiger charge is 2.17. The zero-order valence-electron chi connectivity index (χ0n) is 7.38. The molecule has 2 N–H and O–H groups in total. The first-order chi connectivity index (χ1) is 6.91. The number of carboxylic acid groups (broad SMARTS) is 1. The van der Waals surface area contributed by atoms with Crippen LogP contribution in [-0.2, 0) is 11.2 Å². The molecule has 3 nitrogen and oxygen atoms in total. The number of carbonyl (C=O) groups is 1. The Labute approximate surface area is 88.9 Å². The first kappa shape index (κ1) is 11.9. The van der Waals surface area contributed by atoms with Gasteiger partial charge in [-0.25, -0.2) is 13.6 Å². The molecule has 82 valence electrons. The third-order valence-corrected chi connectivity index (χ3v) is 2.08. The first-order valence-electron chi connectivity index (χ1n) is 3.96. The number of hydrogen-bond donors (Lipinski definition) is 2. The minimum Gasteiger partial charge on any atom is -0.479 e. The van der Waals surface area contributed by atoms with Crippen molar-refractivity contribution in [3.8, 4) is 0 Å². The fourth-order valence-corrected chi connectivity index (χ4v) is 1.17. The van der Waals surface area contributed by atoms with Crippen LogP contribution in [-0.4, -0.2) is 22.3 Å².